The maximum Gasteiger partial charge on any atom is 0.522 e. The van der Waals surface area contributed by atoms with Crippen molar-refractivity contribution in [2.45, 2.75) is 57.9 Å². The number of hydrogen-bond donors (Lipinski definition) is 1. The van der Waals surface area contributed by atoms with Gasteiger partial charge in [0, 0.05) is 17.3 Å². The molecule has 8 heteroatoms. The van der Waals surface area contributed by atoms with Crippen molar-refractivity contribution in [1.82, 2.24) is 4.98 Å². The molecule has 22 heavy (non-hydrogen) atoms. The van der Waals surface area contributed by atoms with Gasteiger partial charge in [0.1, 0.15) is 0 Å². The highest BCUT2D eigenvalue weighted by Crippen LogP contribution is 2.25. The molecule has 0 unspecified atom stereocenters. The summed E-state index contributed by atoms with van der Waals surface area (Å²) in [6.07, 6.45) is 2.00. The first-order valence-corrected chi connectivity index (χ1v) is 7.91. The molecule has 0 aliphatic rings. The molecular formula is C14H22F3NO3S. The van der Waals surface area contributed by atoms with Crippen LogP contribution in [0.15, 0.2) is 18.3 Å². The highest BCUT2D eigenvalue weighted by Gasteiger charge is 2.44. The predicted octanol–water partition coefficient (Wildman–Crippen LogP) is 4.07. The zero-order valence-electron chi connectivity index (χ0n) is 13.5. The summed E-state index contributed by atoms with van der Waals surface area (Å²) in [4.78, 5) is 4.52. The number of nitrogens with zero attached hydrogens (tertiary/aromatic N) is 1. The Morgan fingerprint density at radius 2 is 1.36 bits per heavy atom. The lowest BCUT2D eigenvalue weighted by Gasteiger charge is -2.22. The number of rotatable bonds is 0. The van der Waals surface area contributed by atoms with Gasteiger partial charge in [-0.25, -0.2) is 0 Å². The van der Waals surface area contributed by atoms with E-state index in [1.54, 1.807) is 0 Å². The topological polar surface area (TPSA) is 67.3 Å². The summed E-state index contributed by atoms with van der Waals surface area (Å²) in [5, 5.41) is 0. The highest BCUT2D eigenvalue weighted by molar-refractivity contribution is 7.86. The number of pyridine rings is 1. The molecule has 0 saturated heterocycles. The lowest BCUT2D eigenvalue weighted by Crippen LogP contribution is -2.21. The average molecular weight is 341 g/mol. The molecule has 0 amide bonds. The lowest BCUT2D eigenvalue weighted by atomic mass is 9.86. The molecule has 1 heterocycles. The van der Waals surface area contributed by atoms with Crippen molar-refractivity contribution in [3.05, 3.63) is 29.6 Å². The van der Waals surface area contributed by atoms with Crippen LogP contribution in [0.25, 0.3) is 0 Å². The minimum atomic E-state index is -5.84. The summed E-state index contributed by atoms with van der Waals surface area (Å²) in [5.74, 6) is 0. The minimum absolute atomic E-state index is 0.149. The molecule has 0 fully saturated rings. The highest BCUT2D eigenvalue weighted by atomic mass is 32.2. The van der Waals surface area contributed by atoms with E-state index in [0.29, 0.717) is 0 Å². The van der Waals surface area contributed by atoms with Crippen molar-refractivity contribution in [3.8, 4) is 0 Å². The molecule has 1 aromatic rings. The van der Waals surface area contributed by atoms with Crippen molar-refractivity contribution in [2.75, 3.05) is 0 Å². The Morgan fingerprint density at radius 3 is 1.55 bits per heavy atom. The van der Waals surface area contributed by atoms with Gasteiger partial charge in [-0.15, -0.1) is 0 Å². The molecule has 0 radical (unpaired) electrons. The van der Waals surface area contributed by atoms with Crippen LogP contribution in [0.1, 0.15) is 52.8 Å². The molecular weight excluding hydrogens is 319 g/mol. The van der Waals surface area contributed by atoms with Crippen LogP contribution in [-0.4, -0.2) is 23.5 Å². The number of alkyl halides is 3. The third kappa shape index (κ3) is 6.74. The van der Waals surface area contributed by atoms with Crippen LogP contribution in [0.3, 0.4) is 0 Å². The number of aromatic nitrogens is 1. The predicted molar refractivity (Wildman–Crippen MR) is 79.2 cm³/mol. The van der Waals surface area contributed by atoms with Gasteiger partial charge in [-0.1, -0.05) is 47.6 Å². The van der Waals surface area contributed by atoms with Crippen LogP contribution in [-0.2, 0) is 20.9 Å². The molecule has 0 saturated carbocycles. The van der Waals surface area contributed by atoms with Crippen LogP contribution in [0.2, 0.25) is 0 Å². The second kappa shape index (κ2) is 6.54. The maximum atomic E-state index is 10.7. The largest absolute Gasteiger partial charge is 0.522 e. The summed E-state index contributed by atoms with van der Waals surface area (Å²) < 4.78 is 57.5. The maximum absolute atomic E-state index is 10.7. The molecule has 1 aromatic heterocycles. The van der Waals surface area contributed by atoms with E-state index in [4.69, 9.17) is 13.0 Å². The summed E-state index contributed by atoms with van der Waals surface area (Å²) >= 11 is 0. The van der Waals surface area contributed by atoms with E-state index >= 15 is 0 Å². The van der Waals surface area contributed by atoms with E-state index in [2.05, 4.69) is 58.7 Å². The second-order valence-electron chi connectivity index (χ2n) is 6.85. The van der Waals surface area contributed by atoms with Crippen molar-refractivity contribution in [1.29, 1.82) is 0 Å². The van der Waals surface area contributed by atoms with E-state index in [-0.39, 0.29) is 10.8 Å². The zero-order chi connectivity index (χ0) is 18.0. The summed E-state index contributed by atoms with van der Waals surface area (Å²) in [5.41, 5.74) is -2.73. The first-order chi connectivity index (χ1) is 9.46. The van der Waals surface area contributed by atoms with Crippen molar-refractivity contribution < 1.29 is 26.1 Å². The Hall–Kier alpha value is -1.15. The zero-order valence-corrected chi connectivity index (χ0v) is 14.3. The molecule has 128 valence electrons. The van der Waals surface area contributed by atoms with Gasteiger partial charge in [-0.2, -0.15) is 21.6 Å². The van der Waals surface area contributed by atoms with Crippen molar-refractivity contribution >= 4 is 10.1 Å². The summed E-state index contributed by atoms with van der Waals surface area (Å²) in [7, 11) is -5.84. The third-order valence-electron chi connectivity index (χ3n) is 2.69. The molecule has 0 spiro atoms. The van der Waals surface area contributed by atoms with Gasteiger partial charge >= 0.3 is 15.6 Å². The van der Waals surface area contributed by atoms with E-state index < -0.39 is 15.6 Å². The van der Waals surface area contributed by atoms with Crippen LogP contribution in [0, 0.1) is 0 Å². The van der Waals surface area contributed by atoms with Gasteiger partial charge in [-0.05, 0) is 17.0 Å². The summed E-state index contributed by atoms with van der Waals surface area (Å²) in [6, 6.07) is 4.33. The van der Waals surface area contributed by atoms with Crippen LogP contribution < -0.4 is 0 Å². The Labute approximate surface area is 129 Å². The fourth-order valence-electron chi connectivity index (χ4n) is 1.28. The molecule has 0 aliphatic heterocycles. The number of halogens is 3. The monoisotopic (exact) mass is 341 g/mol. The van der Waals surface area contributed by atoms with E-state index in [0.717, 1.165) is 5.69 Å². The quantitative estimate of drug-likeness (QED) is 0.570. The SMILES string of the molecule is CC(C)(C)c1ccc(C(C)(C)C)nc1.O=S(=O)(O)C(F)(F)F. The van der Waals surface area contributed by atoms with Crippen molar-refractivity contribution in [2.24, 2.45) is 0 Å². The molecule has 0 aliphatic carbocycles. The third-order valence-corrected chi connectivity index (χ3v) is 3.28. The Bertz CT molecular complexity index is 547. The van der Waals surface area contributed by atoms with Crippen LogP contribution in [0.4, 0.5) is 13.2 Å². The number of hydrogen-bond acceptors (Lipinski definition) is 3. The molecule has 1 N–H and O–H groups in total. The van der Waals surface area contributed by atoms with Crippen molar-refractivity contribution in [3.63, 3.8) is 0 Å². The van der Waals surface area contributed by atoms with E-state index in [9.17, 15) is 13.2 Å². The van der Waals surface area contributed by atoms with Gasteiger partial charge in [0.15, 0.2) is 0 Å². The van der Waals surface area contributed by atoms with Crippen LogP contribution >= 0.6 is 0 Å². The first-order valence-electron chi connectivity index (χ1n) is 6.47. The van der Waals surface area contributed by atoms with E-state index in [1.807, 2.05) is 6.20 Å². The molecule has 0 bridgehead atoms. The standard InChI is InChI=1S/C13H21N.CHF3O3S/c1-12(2,3)10-7-8-11(14-9-10)13(4,5)6;2-1(3,4)8(5,6)7/h7-9H,1-6H3;(H,5,6,7). The Kier molecular flexibility index (Phi) is 6.19. The fraction of sp³-hybridized carbons (Fsp3) is 0.643. The average Bonchev–Trinajstić information content (AvgIpc) is 2.25. The molecule has 0 aromatic carbocycles. The minimum Gasteiger partial charge on any atom is -0.279 e. The fourth-order valence-corrected chi connectivity index (χ4v) is 1.28. The van der Waals surface area contributed by atoms with Gasteiger partial charge < -0.3 is 0 Å². The summed E-state index contributed by atoms with van der Waals surface area (Å²) in [6.45, 7) is 13.2. The van der Waals surface area contributed by atoms with Crippen LogP contribution in [0.5, 0.6) is 0 Å². The normalized spacial score (nSPS) is 13.4. The van der Waals surface area contributed by atoms with Gasteiger partial charge in [0.25, 0.3) is 0 Å². The van der Waals surface area contributed by atoms with Gasteiger partial charge in [0.2, 0.25) is 0 Å². The smallest absolute Gasteiger partial charge is 0.279 e. The molecule has 1 rings (SSSR count). The second-order valence-corrected chi connectivity index (χ2v) is 8.27. The molecule has 4 nitrogen and oxygen atoms in total. The first kappa shape index (κ1) is 20.9. The van der Waals surface area contributed by atoms with Gasteiger partial charge in [-0.3, -0.25) is 9.54 Å². The van der Waals surface area contributed by atoms with E-state index in [1.165, 1.54) is 5.56 Å². The Morgan fingerprint density at radius 1 is 0.955 bits per heavy atom. The van der Waals surface area contributed by atoms with Gasteiger partial charge in [0.05, 0.1) is 0 Å². The Balaban J connectivity index is 0.000000472. The lowest BCUT2D eigenvalue weighted by molar-refractivity contribution is -0.0510. The molecule has 0 atom stereocenters.